The maximum absolute atomic E-state index is 12.7. The molecule has 0 atom stereocenters. The normalized spacial score (nSPS) is 13.3. The molecular weight excluding hydrogens is 400 g/mol. The molecule has 4 nitrogen and oxygen atoms in total. The van der Waals surface area contributed by atoms with E-state index in [1.54, 1.807) is 53.4 Å². The zero-order valence-electron chi connectivity index (χ0n) is 15.6. The Kier molecular flexibility index (Phi) is 4.45. The van der Waals surface area contributed by atoms with Crippen molar-refractivity contribution in [3.63, 3.8) is 0 Å². The van der Waals surface area contributed by atoms with E-state index in [0.29, 0.717) is 16.8 Å². The number of aromatic nitrogens is 1. The fourth-order valence-corrected chi connectivity index (χ4v) is 5.51. The minimum atomic E-state index is -0.275. The smallest absolute Gasteiger partial charge is 0.266 e. The average molecular weight is 417 g/mol. The molecule has 3 aromatic carbocycles. The molecule has 0 fully saturated rings. The van der Waals surface area contributed by atoms with Gasteiger partial charge in [0.2, 0.25) is 0 Å². The molecule has 0 aliphatic carbocycles. The summed E-state index contributed by atoms with van der Waals surface area (Å²) in [6.45, 7) is 2.09. The van der Waals surface area contributed by atoms with Crippen molar-refractivity contribution in [2.45, 2.75) is 17.0 Å². The van der Waals surface area contributed by atoms with Gasteiger partial charge in [-0.05, 0) is 42.8 Å². The summed E-state index contributed by atoms with van der Waals surface area (Å²) in [5.41, 5.74) is 4.89. The summed E-state index contributed by atoms with van der Waals surface area (Å²) in [5.74, 6) is 0.305. The minimum absolute atomic E-state index is 0.275. The van der Waals surface area contributed by atoms with Gasteiger partial charge in [0, 0.05) is 5.75 Å². The van der Waals surface area contributed by atoms with Crippen molar-refractivity contribution < 1.29 is 9.59 Å². The van der Waals surface area contributed by atoms with E-state index in [1.165, 1.54) is 16.0 Å². The largest absolute Gasteiger partial charge is 0.268 e. The third kappa shape index (κ3) is 3.24. The van der Waals surface area contributed by atoms with Crippen molar-refractivity contribution >= 4 is 50.8 Å². The molecule has 1 aromatic heterocycles. The molecule has 0 unspecified atom stereocenters. The zero-order chi connectivity index (χ0) is 20.0. The van der Waals surface area contributed by atoms with Crippen LogP contribution < -0.4 is 4.90 Å². The van der Waals surface area contributed by atoms with Crippen molar-refractivity contribution in [3.8, 4) is 0 Å². The Bertz CT molecular complexity index is 1240. The lowest BCUT2D eigenvalue weighted by molar-refractivity contribution is 0.0926. The Labute approximate surface area is 176 Å². The summed E-state index contributed by atoms with van der Waals surface area (Å²) >= 11 is 3.28. The zero-order valence-corrected chi connectivity index (χ0v) is 17.2. The Morgan fingerprint density at radius 1 is 0.931 bits per heavy atom. The molecule has 2 amide bonds. The van der Waals surface area contributed by atoms with E-state index in [-0.39, 0.29) is 11.8 Å². The van der Waals surface area contributed by atoms with E-state index >= 15 is 0 Å². The van der Waals surface area contributed by atoms with Crippen LogP contribution in [0.4, 0.5) is 5.69 Å². The quantitative estimate of drug-likeness (QED) is 0.316. The number of imide groups is 1. The predicted octanol–water partition coefficient (Wildman–Crippen LogP) is 5.70. The number of hydrogen-bond acceptors (Lipinski definition) is 5. The Morgan fingerprint density at radius 3 is 2.41 bits per heavy atom. The highest BCUT2D eigenvalue weighted by atomic mass is 32.2. The Morgan fingerprint density at radius 2 is 1.69 bits per heavy atom. The predicted molar refractivity (Wildman–Crippen MR) is 118 cm³/mol. The van der Waals surface area contributed by atoms with Crippen molar-refractivity contribution in [2.24, 2.45) is 0 Å². The van der Waals surface area contributed by atoms with Gasteiger partial charge >= 0.3 is 0 Å². The molecule has 5 rings (SSSR count). The van der Waals surface area contributed by atoms with Crippen molar-refractivity contribution in [1.82, 2.24) is 4.98 Å². The number of carbonyl (C=O) groups excluding carboxylic acids is 2. The van der Waals surface area contributed by atoms with Gasteiger partial charge < -0.3 is 0 Å². The fourth-order valence-electron chi connectivity index (χ4n) is 3.46. The van der Waals surface area contributed by atoms with Gasteiger partial charge in [-0.15, -0.1) is 11.3 Å². The number of aryl methyl sites for hydroxylation is 1. The van der Waals surface area contributed by atoms with E-state index in [4.69, 9.17) is 0 Å². The second-order valence-corrected chi connectivity index (χ2v) is 9.15. The van der Waals surface area contributed by atoms with Crippen molar-refractivity contribution in [3.05, 3.63) is 89.0 Å². The summed E-state index contributed by atoms with van der Waals surface area (Å²) < 4.78 is 1.94. The molecule has 29 heavy (non-hydrogen) atoms. The Hall–Kier alpha value is -2.96. The van der Waals surface area contributed by atoms with Crippen LogP contribution in [0.25, 0.3) is 10.2 Å². The molecule has 142 valence electrons. The van der Waals surface area contributed by atoms with Crippen LogP contribution in [0.2, 0.25) is 0 Å². The molecule has 0 spiro atoms. The first kappa shape index (κ1) is 18.1. The van der Waals surface area contributed by atoms with Crippen LogP contribution in [-0.2, 0) is 5.75 Å². The number of rotatable bonds is 4. The number of fused-ring (bicyclic) bond motifs is 2. The number of thioether (sulfide) groups is 1. The van der Waals surface area contributed by atoms with E-state index in [9.17, 15) is 9.59 Å². The first-order chi connectivity index (χ1) is 14.1. The highest BCUT2D eigenvalue weighted by Crippen LogP contribution is 2.35. The molecule has 1 aliphatic heterocycles. The molecule has 6 heteroatoms. The Balaban J connectivity index is 1.41. The average Bonchev–Trinajstić information content (AvgIpc) is 3.25. The van der Waals surface area contributed by atoms with Crippen LogP contribution in [-0.4, -0.2) is 16.8 Å². The second-order valence-electron chi connectivity index (χ2n) is 6.90. The van der Waals surface area contributed by atoms with Crippen LogP contribution >= 0.6 is 23.1 Å². The number of benzene rings is 3. The summed E-state index contributed by atoms with van der Waals surface area (Å²) in [6.07, 6.45) is 0. The summed E-state index contributed by atoms with van der Waals surface area (Å²) in [7, 11) is 0. The number of carbonyl (C=O) groups is 2. The minimum Gasteiger partial charge on any atom is -0.268 e. The van der Waals surface area contributed by atoms with E-state index in [1.807, 2.05) is 12.1 Å². The lowest BCUT2D eigenvalue weighted by Crippen LogP contribution is -2.29. The topological polar surface area (TPSA) is 50.3 Å². The highest BCUT2D eigenvalue weighted by Gasteiger charge is 2.36. The number of amides is 2. The molecule has 0 saturated heterocycles. The first-order valence-corrected chi connectivity index (χ1v) is 11.0. The first-order valence-electron chi connectivity index (χ1n) is 9.17. The van der Waals surface area contributed by atoms with E-state index in [2.05, 4.69) is 36.2 Å². The summed E-state index contributed by atoms with van der Waals surface area (Å²) in [6, 6.07) is 20.9. The SMILES string of the molecule is Cc1cccc(CSc2nc3ccc(N4C(=O)c5ccccc5C4=O)cc3s2)c1. The maximum Gasteiger partial charge on any atom is 0.266 e. The standard InChI is InChI=1S/C23H16N2O2S2/c1-14-5-4-6-15(11-14)13-28-23-24-19-10-9-16(12-20(19)29-23)25-21(26)17-7-2-3-8-18(17)22(25)27/h2-12H,13H2,1H3. The molecule has 0 radical (unpaired) electrons. The van der Waals surface area contributed by atoms with Crippen LogP contribution in [0.15, 0.2) is 71.1 Å². The third-order valence-electron chi connectivity index (χ3n) is 4.85. The van der Waals surface area contributed by atoms with Crippen molar-refractivity contribution in [2.75, 3.05) is 4.90 Å². The molecular formula is C23H16N2O2S2. The van der Waals surface area contributed by atoms with Gasteiger partial charge in [0.05, 0.1) is 27.0 Å². The lowest BCUT2D eigenvalue weighted by Gasteiger charge is -2.13. The van der Waals surface area contributed by atoms with E-state index in [0.717, 1.165) is 20.3 Å². The molecule has 1 aliphatic rings. The summed E-state index contributed by atoms with van der Waals surface area (Å²) in [5, 5.41) is 0. The van der Waals surface area contributed by atoms with Crippen LogP contribution in [0, 0.1) is 6.92 Å². The molecule has 0 saturated carbocycles. The third-order valence-corrected chi connectivity index (χ3v) is 7.08. The number of anilines is 1. The van der Waals surface area contributed by atoms with Gasteiger partial charge in [-0.25, -0.2) is 9.88 Å². The van der Waals surface area contributed by atoms with Gasteiger partial charge in [-0.1, -0.05) is 53.7 Å². The number of nitrogens with zero attached hydrogens (tertiary/aromatic N) is 2. The lowest BCUT2D eigenvalue weighted by atomic mass is 10.1. The van der Waals surface area contributed by atoms with Crippen molar-refractivity contribution in [1.29, 1.82) is 0 Å². The monoisotopic (exact) mass is 416 g/mol. The van der Waals surface area contributed by atoms with Gasteiger partial charge in [0.25, 0.3) is 11.8 Å². The molecule has 0 N–H and O–H groups in total. The number of hydrogen-bond donors (Lipinski definition) is 0. The van der Waals surface area contributed by atoms with E-state index < -0.39 is 0 Å². The molecule has 2 heterocycles. The van der Waals surface area contributed by atoms with Crippen LogP contribution in [0.3, 0.4) is 0 Å². The van der Waals surface area contributed by atoms with Gasteiger partial charge in [-0.2, -0.15) is 0 Å². The van der Waals surface area contributed by atoms with Crippen LogP contribution in [0.1, 0.15) is 31.8 Å². The second kappa shape index (κ2) is 7.13. The van der Waals surface area contributed by atoms with Gasteiger partial charge in [-0.3, -0.25) is 9.59 Å². The highest BCUT2D eigenvalue weighted by molar-refractivity contribution is 8.00. The fraction of sp³-hybridized carbons (Fsp3) is 0.0870. The van der Waals surface area contributed by atoms with Gasteiger partial charge in [0.1, 0.15) is 0 Å². The number of thiazole rings is 1. The van der Waals surface area contributed by atoms with Crippen LogP contribution in [0.5, 0.6) is 0 Å². The van der Waals surface area contributed by atoms with Gasteiger partial charge in [0.15, 0.2) is 4.34 Å². The summed E-state index contributed by atoms with van der Waals surface area (Å²) in [4.78, 5) is 31.4. The molecule has 0 bridgehead atoms. The maximum atomic E-state index is 12.7. The molecule has 4 aromatic rings.